The first kappa shape index (κ1) is 18.6. The van der Waals surface area contributed by atoms with Crippen molar-refractivity contribution in [3.63, 3.8) is 0 Å². The number of hydrogen-bond acceptors (Lipinski definition) is 5. The minimum atomic E-state index is -0.0188. The lowest BCUT2D eigenvalue weighted by atomic mass is 10.1. The van der Waals surface area contributed by atoms with Crippen molar-refractivity contribution in [2.24, 2.45) is 5.92 Å². The Hall–Kier alpha value is -2.22. The highest BCUT2D eigenvalue weighted by Crippen LogP contribution is 2.20. The Balaban J connectivity index is 1.86. The van der Waals surface area contributed by atoms with E-state index in [4.69, 9.17) is 0 Å². The quantitative estimate of drug-likeness (QED) is 0.656. The summed E-state index contributed by atoms with van der Waals surface area (Å²) < 4.78 is 4.30. The molecule has 0 fully saturated rings. The molecule has 7 nitrogen and oxygen atoms in total. The fourth-order valence-electron chi connectivity index (χ4n) is 2.98. The molecule has 3 rings (SSSR count). The molecular formula is C18H25N5O2S. The molecule has 0 unspecified atom stereocenters. The van der Waals surface area contributed by atoms with Gasteiger partial charge in [-0.15, -0.1) is 21.5 Å². The second-order valence-electron chi connectivity index (χ2n) is 6.88. The summed E-state index contributed by atoms with van der Waals surface area (Å²) in [5.41, 5.74) is 0.803. The zero-order valence-electron chi connectivity index (χ0n) is 15.5. The van der Waals surface area contributed by atoms with E-state index in [-0.39, 0.29) is 11.5 Å². The van der Waals surface area contributed by atoms with Crippen molar-refractivity contribution in [1.29, 1.82) is 0 Å². The number of rotatable bonds is 8. The third kappa shape index (κ3) is 3.65. The van der Waals surface area contributed by atoms with Gasteiger partial charge in [-0.05, 0) is 30.2 Å². The van der Waals surface area contributed by atoms with Crippen LogP contribution in [0.5, 0.6) is 0 Å². The van der Waals surface area contributed by atoms with Crippen LogP contribution in [-0.2, 0) is 17.8 Å². The maximum atomic E-state index is 12.7. The maximum absolute atomic E-state index is 12.7. The first-order valence-corrected chi connectivity index (χ1v) is 10.0. The molecule has 1 N–H and O–H groups in total. The summed E-state index contributed by atoms with van der Waals surface area (Å²) in [6.45, 7) is 7.60. The van der Waals surface area contributed by atoms with Gasteiger partial charge >= 0.3 is 0 Å². The summed E-state index contributed by atoms with van der Waals surface area (Å²) in [6.07, 6.45) is 2.66. The van der Waals surface area contributed by atoms with Crippen molar-refractivity contribution < 1.29 is 4.79 Å². The SMILES string of the molecule is CCCn1c(=O)c2sccc2n2c(CCC(=O)NCCC(C)C)nnc12. The van der Waals surface area contributed by atoms with Gasteiger partial charge in [-0.2, -0.15) is 0 Å². The van der Waals surface area contributed by atoms with Gasteiger partial charge < -0.3 is 5.32 Å². The highest BCUT2D eigenvalue weighted by Gasteiger charge is 2.17. The van der Waals surface area contributed by atoms with Gasteiger partial charge in [-0.1, -0.05) is 20.8 Å². The molecule has 3 aromatic heterocycles. The Labute approximate surface area is 156 Å². The molecule has 26 heavy (non-hydrogen) atoms. The van der Waals surface area contributed by atoms with Crippen molar-refractivity contribution in [2.75, 3.05) is 6.54 Å². The topological polar surface area (TPSA) is 81.3 Å². The van der Waals surface area contributed by atoms with E-state index in [1.807, 2.05) is 22.8 Å². The molecule has 0 aliphatic carbocycles. The molecule has 0 bridgehead atoms. The molecule has 3 aromatic rings. The van der Waals surface area contributed by atoms with E-state index < -0.39 is 0 Å². The first-order valence-electron chi connectivity index (χ1n) is 9.13. The van der Waals surface area contributed by atoms with Gasteiger partial charge in [0.1, 0.15) is 10.5 Å². The number of aromatic nitrogens is 4. The molecule has 0 atom stereocenters. The number of amides is 1. The molecule has 0 saturated carbocycles. The van der Waals surface area contributed by atoms with Crippen LogP contribution in [-0.4, -0.2) is 31.6 Å². The van der Waals surface area contributed by atoms with Crippen molar-refractivity contribution in [3.05, 3.63) is 27.6 Å². The number of fused-ring (bicyclic) bond motifs is 3. The van der Waals surface area contributed by atoms with Crippen LogP contribution in [0.15, 0.2) is 16.2 Å². The van der Waals surface area contributed by atoms with Crippen molar-refractivity contribution in [3.8, 4) is 0 Å². The van der Waals surface area contributed by atoms with Crippen LogP contribution in [0.1, 0.15) is 45.9 Å². The fourth-order valence-corrected chi connectivity index (χ4v) is 3.81. The predicted octanol–water partition coefficient (Wildman–Crippen LogP) is 2.61. The zero-order chi connectivity index (χ0) is 18.7. The van der Waals surface area contributed by atoms with Crippen LogP contribution in [0, 0.1) is 5.92 Å². The van der Waals surface area contributed by atoms with E-state index >= 15 is 0 Å². The molecule has 0 spiro atoms. The highest BCUT2D eigenvalue weighted by molar-refractivity contribution is 7.17. The Morgan fingerprint density at radius 1 is 1.35 bits per heavy atom. The lowest BCUT2D eigenvalue weighted by molar-refractivity contribution is -0.121. The number of nitrogens with zero attached hydrogens (tertiary/aromatic N) is 4. The molecule has 0 aromatic carbocycles. The number of carbonyl (C=O) groups excluding carboxylic acids is 1. The first-order chi connectivity index (χ1) is 12.5. The lowest BCUT2D eigenvalue weighted by Gasteiger charge is -2.09. The molecule has 8 heteroatoms. The Kier molecular flexibility index (Phi) is 5.70. The monoisotopic (exact) mass is 375 g/mol. The molecule has 0 aliphatic rings. The predicted molar refractivity (Wildman–Crippen MR) is 104 cm³/mol. The van der Waals surface area contributed by atoms with Crippen LogP contribution in [0.2, 0.25) is 0 Å². The summed E-state index contributed by atoms with van der Waals surface area (Å²) in [6, 6.07) is 1.92. The van der Waals surface area contributed by atoms with E-state index in [0.29, 0.717) is 48.2 Å². The minimum absolute atomic E-state index is 0.0188. The molecule has 0 saturated heterocycles. The third-order valence-electron chi connectivity index (χ3n) is 4.35. The minimum Gasteiger partial charge on any atom is -0.356 e. The summed E-state index contributed by atoms with van der Waals surface area (Å²) in [5.74, 6) is 1.86. The van der Waals surface area contributed by atoms with Gasteiger partial charge in [-0.3, -0.25) is 18.6 Å². The Bertz CT molecular complexity index is 969. The average molecular weight is 375 g/mol. The van der Waals surface area contributed by atoms with Gasteiger partial charge in [0.05, 0.1) is 5.52 Å². The zero-order valence-corrected chi connectivity index (χ0v) is 16.3. The molecular weight excluding hydrogens is 350 g/mol. The average Bonchev–Trinajstić information content (AvgIpc) is 3.23. The molecule has 0 radical (unpaired) electrons. The maximum Gasteiger partial charge on any atom is 0.272 e. The van der Waals surface area contributed by atoms with Crippen molar-refractivity contribution >= 4 is 33.2 Å². The van der Waals surface area contributed by atoms with Crippen LogP contribution < -0.4 is 10.9 Å². The van der Waals surface area contributed by atoms with E-state index in [2.05, 4.69) is 29.4 Å². The summed E-state index contributed by atoms with van der Waals surface area (Å²) in [7, 11) is 0. The summed E-state index contributed by atoms with van der Waals surface area (Å²) >= 11 is 1.43. The normalized spacial score (nSPS) is 11.7. The van der Waals surface area contributed by atoms with Gasteiger partial charge in [0, 0.05) is 25.9 Å². The molecule has 140 valence electrons. The number of carbonyl (C=O) groups is 1. The van der Waals surface area contributed by atoms with Crippen LogP contribution in [0.25, 0.3) is 16.0 Å². The molecule has 0 aliphatic heterocycles. The van der Waals surface area contributed by atoms with Crippen LogP contribution >= 0.6 is 11.3 Å². The van der Waals surface area contributed by atoms with Crippen molar-refractivity contribution in [2.45, 2.75) is 53.0 Å². The van der Waals surface area contributed by atoms with Gasteiger partial charge in [0.15, 0.2) is 0 Å². The Morgan fingerprint density at radius 2 is 2.15 bits per heavy atom. The van der Waals surface area contributed by atoms with E-state index in [1.165, 1.54) is 11.3 Å². The lowest BCUT2D eigenvalue weighted by Crippen LogP contribution is -2.26. The molecule has 1 amide bonds. The second-order valence-corrected chi connectivity index (χ2v) is 7.79. The number of aryl methyl sites for hydroxylation is 2. The molecule has 3 heterocycles. The van der Waals surface area contributed by atoms with E-state index in [9.17, 15) is 9.59 Å². The van der Waals surface area contributed by atoms with Gasteiger partial charge in [0.25, 0.3) is 5.56 Å². The number of thiophene rings is 1. The number of hydrogen-bond donors (Lipinski definition) is 1. The van der Waals surface area contributed by atoms with Crippen LogP contribution in [0.3, 0.4) is 0 Å². The third-order valence-corrected chi connectivity index (χ3v) is 5.24. The second kappa shape index (κ2) is 7.99. The smallest absolute Gasteiger partial charge is 0.272 e. The summed E-state index contributed by atoms with van der Waals surface area (Å²) in [5, 5.41) is 13.4. The van der Waals surface area contributed by atoms with Gasteiger partial charge in [0.2, 0.25) is 11.7 Å². The number of nitrogens with one attached hydrogen (secondary N) is 1. The largest absolute Gasteiger partial charge is 0.356 e. The standard InChI is InChI=1S/C18H25N5O2S/c1-4-10-22-17(25)16-13(8-11-26-16)23-14(20-21-18(22)23)5-6-15(24)19-9-7-12(2)3/h8,11-12H,4-7,9-10H2,1-3H3,(H,19,24). The van der Waals surface area contributed by atoms with Crippen molar-refractivity contribution in [1.82, 2.24) is 24.5 Å². The van der Waals surface area contributed by atoms with Crippen LogP contribution in [0.4, 0.5) is 0 Å². The van der Waals surface area contributed by atoms with E-state index in [0.717, 1.165) is 18.4 Å². The van der Waals surface area contributed by atoms with Gasteiger partial charge in [-0.25, -0.2) is 0 Å². The highest BCUT2D eigenvalue weighted by atomic mass is 32.1. The fraction of sp³-hybridized carbons (Fsp3) is 0.556. The summed E-state index contributed by atoms with van der Waals surface area (Å²) in [4.78, 5) is 24.7. The van der Waals surface area contributed by atoms with E-state index in [1.54, 1.807) is 4.57 Å². The Morgan fingerprint density at radius 3 is 2.88 bits per heavy atom.